The summed E-state index contributed by atoms with van der Waals surface area (Å²) in [7, 11) is -2.96. The van der Waals surface area contributed by atoms with E-state index in [1.807, 2.05) is 46.8 Å². The molecular formula is C53H67FIrN2O2Si2-2. The Kier molecular flexibility index (Phi) is 16.8. The molecule has 4 nitrogen and oxygen atoms in total. The average Bonchev–Trinajstić information content (AvgIpc) is 3.21. The van der Waals surface area contributed by atoms with E-state index in [1.54, 1.807) is 0 Å². The van der Waals surface area contributed by atoms with E-state index in [9.17, 15) is 14.3 Å². The standard InChI is InChI=1S/2C20H22NSi.C13H23FO2.Ir/c2*1-14-10-15(2)12-17(11-14)20-19-7-6-18(22(3,4)5)13-16(19)8-9-21-20;1-4-10(5-2)12(15)9-13(16)11(6-3)7-8-14;/h2*6-11,13H,1-5H3;9-11,16H,4-8H2,1-3H3;/q2*-1;;/b;;13-9-;/i2*8D,9D;;. The molecule has 8 heteroatoms. The molecule has 0 aliphatic carbocycles. The third-order valence-corrected chi connectivity index (χ3v) is 14.9. The minimum atomic E-state index is -1.48. The molecule has 0 amide bonds. The zero-order valence-corrected chi connectivity index (χ0v) is 42.9. The zero-order chi connectivity index (χ0) is 47.8. The Hall–Kier alpha value is -4.08. The van der Waals surface area contributed by atoms with E-state index >= 15 is 0 Å². The molecule has 1 unspecified atom stereocenters. The first-order valence-corrected chi connectivity index (χ1v) is 28.3. The van der Waals surface area contributed by atoms with E-state index in [0.29, 0.717) is 6.42 Å². The normalized spacial score (nSPS) is 13.2. The van der Waals surface area contributed by atoms with Gasteiger partial charge in [-0.25, -0.2) is 0 Å². The van der Waals surface area contributed by atoms with Gasteiger partial charge in [0.25, 0.3) is 0 Å². The van der Waals surface area contributed by atoms with E-state index in [-0.39, 0.29) is 74.3 Å². The molecule has 1 atom stereocenters. The van der Waals surface area contributed by atoms with Crippen molar-refractivity contribution < 1.29 is 39.9 Å². The van der Waals surface area contributed by atoms with Crippen LogP contribution < -0.4 is 10.4 Å². The van der Waals surface area contributed by atoms with Crippen molar-refractivity contribution in [2.75, 3.05) is 6.67 Å². The van der Waals surface area contributed by atoms with Gasteiger partial charge in [0, 0.05) is 50.4 Å². The SMILES string of the molecule is CCC(CC)C(=O)/C=C(\O)C(CC)CCF.[2H]c1nc(-c2[c-]c(C)cc(C)c2)c2ccc([Si](C)(C)C)cc2c1[2H].[2H]c1nc(-c2[c-]c(C)cc(C)c2)c2ccc([Si](C)(C)C)cc2c1[2H].[Ir]. The molecule has 0 bridgehead atoms. The number of ketones is 1. The number of allylic oxidation sites excluding steroid dienone is 2. The molecule has 0 aliphatic rings. The maximum atomic E-state index is 12.2. The van der Waals surface area contributed by atoms with Crippen molar-refractivity contribution in [3.63, 3.8) is 0 Å². The Morgan fingerprint density at radius 3 is 1.46 bits per heavy atom. The Balaban J connectivity index is 0.000000264. The van der Waals surface area contributed by atoms with Gasteiger partial charge in [0.15, 0.2) is 5.78 Å². The summed E-state index contributed by atoms with van der Waals surface area (Å²) in [4.78, 5) is 20.5. The molecule has 2 heterocycles. The van der Waals surface area contributed by atoms with Gasteiger partial charge in [-0.05, 0) is 70.7 Å². The van der Waals surface area contributed by atoms with Gasteiger partial charge >= 0.3 is 0 Å². The van der Waals surface area contributed by atoms with Gasteiger partial charge in [0.2, 0.25) is 0 Å². The second-order valence-corrected chi connectivity index (χ2v) is 28.1. The first kappa shape index (κ1) is 45.0. The molecule has 6 rings (SSSR count). The summed E-state index contributed by atoms with van der Waals surface area (Å²) in [5.41, 5.74) is 7.70. The van der Waals surface area contributed by atoms with Gasteiger partial charge in [0.1, 0.15) is 0 Å². The van der Waals surface area contributed by atoms with Crippen molar-refractivity contribution in [2.45, 2.75) is 113 Å². The summed E-state index contributed by atoms with van der Waals surface area (Å²) in [6.45, 7) is 27.2. The number of nitrogens with zero attached hydrogens (tertiary/aromatic N) is 2. The molecule has 61 heavy (non-hydrogen) atoms. The van der Waals surface area contributed by atoms with E-state index in [2.05, 4.69) is 124 Å². The molecule has 2 aromatic heterocycles. The summed E-state index contributed by atoms with van der Waals surface area (Å²) in [6.07, 6.45) is 3.84. The Bertz CT molecular complexity index is 2460. The minimum absolute atomic E-state index is 0. The van der Waals surface area contributed by atoms with E-state index in [4.69, 9.17) is 5.48 Å². The summed E-state index contributed by atoms with van der Waals surface area (Å²) in [5.74, 6) is -0.245. The zero-order valence-electron chi connectivity index (χ0n) is 42.5. The van der Waals surface area contributed by atoms with E-state index < -0.39 is 22.8 Å². The maximum absolute atomic E-state index is 12.2. The molecule has 0 saturated carbocycles. The van der Waals surface area contributed by atoms with Crippen LogP contribution in [0.2, 0.25) is 39.3 Å². The van der Waals surface area contributed by atoms with Gasteiger partial charge in [-0.1, -0.05) is 135 Å². The van der Waals surface area contributed by atoms with Crippen LogP contribution in [0.3, 0.4) is 0 Å². The van der Waals surface area contributed by atoms with Crippen LogP contribution >= 0.6 is 0 Å². The number of aromatic nitrogens is 2. The van der Waals surface area contributed by atoms with Gasteiger partial charge in [-0.15, -0.1) is 69.8 Å². The van der Waals surface area contributed by atoms with E-state index in [1.165, 1.54) is 16.4 Å². The molecular weight excluding hydrogens is 964 g/mol. The third kappa shape index (κ3) is 14.2. The van der Waals surface area contributed by atoms with Crippen LogP contribution in [0.1, 0.15) is 74.2 Å². The number of carbonyl (C=O) groups excluding carboxylic acids is 1. The van der Waals surface area contributed by atoms with Crippen LogP contribution in [0.15, 0.2) is 96.9 Å². The fourth-order valence-corrected chi connectivity index (χ4v) is 9.59. The minimum Gasteiger partial charge on any atom is -0.512 e. The Morgan fingerprint density at radius 2 is 1.11 bits per heavy atom. The van der Waals surface area contributed by atoms with Gasteiger partial charge in [-0.3, -0.25) is 9.18 Å². The largest absolute Gasteiger partial charge is 0.512 e. The topological polar surface area (TPSA) is 63.1 Å². The summed E-state index contributed by atoms with van der Waals surface area (Å²) >= 11 is 0. The number of hydrogen-bond donors (Lipinski definition) is 1. The number of alkyl halides is 1. The molecule has 6 aromatic rings. The van der Waals surface area contributed by atoms with Crippen molar-refractivity contribution in [3.8, 4) is 22.5 Å². The number of carbonyl (C=O) groups is 1. The first-order chi connectivity index (χ1) is 29.9. The van der Waals surface area contributed by atoms with Crippen molar-refractivity contribution in [2.24, 2.45) is 11.8 Å². The summed E-state index contributed by atoms with van der Waals surface area (Å²) in [5, 5.41) is 15.8. The van der Waals surface area contributed by atoms with Crippen LogP contribution in [0.5, 0.6) is 0 Å². The van der Waals surface area contributed by atoms with E-state index in [0.717, 1.165) is 79.2 Å². The molecule has 4 aromatic carbocycles. The first-order valence-electron chi connectivity index (χ1n) is 23.3. The molecule has 0 aliphatic heterocycles. The molecule has 327 valence electrons. The third-order valence-electron chi connectivity index (χ3n) is 10.9. The van der Waals surface area contributed by atoms with Gasteiger partial charge < -0.3 is 15.1 Å². The molecule has 1 radical (unpaired) electrons. The Morgan fingerprint density at radius 1 is 0.705 bits per heavy atom. The second-order valence-electron chi connectivity index (χ2n) is 18.0. The molecule has 1 N–H and O–H groups in total. The number of hydrogen-bond acceptors (Lipinski definition) is 4. The number of benzene rings is 4. The quantitative estimate of drug-likeness (QED) is 0.0574. The second kappa shape index (κ2) is 22.8. The predicted molar refractivity (Wildman–Crippen MR) is 261 cm³/mol. The number of aryl methyl sites for hydroxylation is 4. The fourth-order valence-electron chi connectivity index (χ4n) is 7.27. The number of rotatable bonds is 12. The van der Waals surface area contributed by atoms with Crippen LogP contribution in [0.25, 0.3) is 44.1 Å². The number of halogens is 1. The monoisotopic (exact) mass is 1040 g/mol. The Labute approximate surface area is 387 Å². The molecule has 0 spiro atoms. The van der Waals surface area contributed by atoms with Crippen LogP contribution in [-0.2, 0) is 24.9 Å². The van der Waals surface area contributed by atoms with Crippen LogP contribution in [-0.4, -0.2) is 43.7 Å². The van der Waals surface area contributed by atoms with Gasteiger partial charge in [0.05, 0.1) is 34.1 Å². The number of pyridine rings is 2. The van der Waals surface area contributed by atoms with Crippen LogP contribution in [0, 0.1) is 51.7 Å². The van der Waals surface area contributed by atoms with Crippen LogP contribution in [0.4, 0.5) is 4.39 Å². The molecule has 0 fully saturated rings. The number of aliphatic hydroxyl groups excluding tert-OH is 1. The number of fused-ring (bicyclic) bond motifs is 2. The van der Waals surface area contributed by atoms with Crippen molar-refractivity contribution in [1.29, 1.82) is 0 Å². The summed E-state index contributed by atoms with van der Waals surface area (Å²) < 4.78 is 45.0. The predicted octanol–water partition coefficient (Wildman–Crippen LogP) is 13.5. The summed E-state index contributed by atoms with van der Waals surface area (Å²) in [6, 6.07) is 28.0. The van der Waals surface area contributed by atoms with Crippen molar-refractivity contribution >= 4 is 53.8 Å². The number of aliphatic hydroxyl groups is 1. The molecule has 0 saturated heterocycles. The maximum Gasteiger partial charge on any atom is 0.162 e. The fraction of sp³-hybridized carbons (Fsp3) is 0.377. The van der Waals surface area contributed by atoms with Crippen molar-refractivity contribution in [1.82, 2.24) is 9.97 Å². The van der Waals surface area contributed by atoms with Gasteiger partial charge in [-0.2, -0.15) is 0 Å². The van der Waals surface area contributed by atoms with Crippen molar-refractivity contribution in [3.05, 3.63) is 131 Å². The smallest absolute Gasteiger partial charge is 0.162 e. The average molecular weight is 1040 g/mol.